The summed E-state index contributed by atoms with van der Waals surface area (Å²) < 4.78 is 0. The maximum absolute atomic E-state index is 10.0. The molecule has 0 bridgehead atoms. The van der Waals surface area contributed by atoms with Gasteiger partial charge in [-0.05, 0) is 62.0 Å². The molecule has 1 heterocycles. The Hall–Kier alpha value is -2.21. The van der Waals surface area contributed by atoms with Crippen LogP contribution >= 0.6 is 0 Å². The van der Waals surface area contributed by atoms with Crippen molar-refractivity contribution >= 4 is 0 Å². The molecule has 1 fully saturated rings. The van der Waals surface area contributed by atoms with Crippen molar-refractivity contribution < 1.29 is 0 Å². The van der Waals surface area contributed by atoms with Crippen molar-refractivity contribution in [2.45, 2.75) is 161 Å². The van der Waals surface area contributed by atoms with E-state index in [1.807, 2.05) is 12.4 Å². The minimum atomic E-state index is -0.0805. The van der Waals surface area contributed by atoms with Crippen LogP contribution in [0.1, 0.15) is 166 Å². The molecule has 0 aliphatic heterocycles. The van der Waals surface area contributed by atoms with Crippen LogP contribution in [0.3, 0.4) is 0 Å². The predicted molar refractivity (Wildman–Crippen MR) is 170 cm³/mol. The van der Waals surface area contributed by atoms with Gasteiger partial charge in [-0.3, -0.25) is 0 Å². The van der Waals surface area contributed by atoms with Crippen LogP contribution < -0.4 is 0 Å². The number of nitrogens with zero attached hydrogens (tertiary/aromatic N) is 3. The number of aromatic nitrogens is 2. The molecule has 3 heteroatoms. The third-order valence-electron chi connectivity index (χ3n) is 9.35. The smallest absolute Gasteiger partial charge is 0.159 e. The molecule has 0 atom stereocenters. The van der Waals surface area contributed by atoms with E-state index in [2.05, 4.69) is 54.2 Å². The highest BCUT2D eigenvalue weighted by Crippen LogP contribution is 2.45. The van der Waals surface area contributed by atoms with Gasteiger partial charge in [0.25, 0.3) is 0 Å². The Kier molecular flexibility index (Phi) is 15.4. The van der Waals surface area contributed by atoms with Crippen molar-refractivity contribution in [2.24, 2.45) is 5.41 Å². The Morgan fingerprint density at radius 2 is 1.20 bits per heavy atom. The Balaban J connectivity index is 1.36. The van der Waals surface area contributed by atoms with Crippen molar-refractivity contribution in [2.75, 3.05) is 0 Å². The molecule has 0 N–H and O–H groups in total. The van der Waals surface area contributed by atoms with Gasteiger partial charge in [-0.25, -0.2) is 9.97 Å². The van der Waals surface area contributed by atoms with Crippen molar-refractivity contribution in [1.29, 1.82) is 5.26 Å². The number of rotatable bonds is 20. The Morgan fingerprint density at radius 1 is 0.700 bits per heavy atom. The molecule has 220 valence electrons. The Morgan fingerprint density at radius 3 is 1.73 bits per heavy atom. The largest absolute Gasteiger partial charge is 0.236 e. The molecule has 3 rings (SSSR count). The molecule has 1 aliphatic rings. The number of hydrogen-bond donors (Lipinski definition) is 0. The lowest BCUT2D eigenvalue weighted by molar-refractivity contribution is 0.222. The first kappa shape index (κ1) is 32.3. The summed E-state index contributed by atoms with van der Waals surface area (Å²) in [7, 11) is 0. The second-order valence-corrected chi connectivity index (χ2v) is 12.7. The average Bonchev–Trinajstić information content (AvgIpc) is 3.00. The zero-order valence-electron chi connectivity index (χ0n) is 25.9. The minimum absolute atomic E-state index is 0.0805. The van der Waals surface area contributed by atoms with Crippen LogP contribution in [0, 0.1) is 16.7 Å². The lowest BCUT2D eigenvalue weighted by Gasteiger charge is -2.35. The van der Waals surface area contributed by atoms with E-state index < -0.39 is 0 Å². The lowest BCUT2D eigenvalue weighted by Crippen LogP contribution is -2.25. The molecule has 40 heavy (non-hydrogen) atoms. The summed E-state index contributed by atoms with van der Waals surface area (Å²) >= 11 is 0. The van der Waals surface area contributed by atoms with Crippen LogP contribution in [-0.4, -0.2) is 9.97 Å². The zero-order valence-corrected chi connectivity index (χ0v) is 25.9. The molecular weight excluding hydrogens is 486 g/mol. The standard InChI is InChI=1S/C37H57N3/c1-3-5-7-9-11-13-15-17-19-32-29-39-36(40-30-32)35-22-20-33(21-23-35)34-24-27-37(31-38,28-25-34)26-18-16-14-12-10-8-6-4-2/h20-23,29-30,34H,3-19,24-28H2,1-2H3/t34-,37-. The van der Waals surface area contributed by atoms with E-state index >= 15 is 0 Å². The fourth-order valence-electron chi connectivity index (χ4n) is 6.52. The minimum Gasteiger partial charge on any atom is -0.236 e. The van der Waals surface area contributed by atoms with E-state index in [-0.39, 0.29) is 5.41 Å². The molecular formula is C37H57N3. The van der Waals surface area contributed by atoms with Crippen molar-refractivity contribution in [3.8, 4) is 17.5 Å². The highest BCUT2D eigenvalue weighted by Gasteiger charge is 2.35. The molecule has 3 nitrogen and oxygen atoms in total. The molecule has 0 saturated heterocycles. The van der Waals surface area contributed by atoms with Gasteiger partial charge in [0.1, 0.15) is 0 Å². The Labute approximate surface area is 246 Å². The van der Waals surface area contributed by atoms with Gasteiger partial charge in [-0.15, -0.1) is 0 Å². The van der Waals surface area contributed by atoms with Crippen molar-refractivity contribution in [3.05, 3.63) is 47.8 Å². The first-order chi connectivity index (χ1) is 19.7. The third kappa shape index (κ3) is 11.3. The first-order valence-electron chi connectivity index (χ1n) is 17.0. The van der Waals surface area contributed by atoms with Crippen LogP contribution in [0.4, 0.5) is 0 Å². The highest BCUT2D eigenvalue weighted by atomic mass is 14.9. The van der Waals surface area contributed by atoms with Crippen LogP contribution in [0.5, 0.6) is 0 Å². The van der Waals surface area contributed by atoms with E-state index in [1.165, 1.54) is 114 Å². The maximum Gasteiger partial charge on any atom is 0.159 e. The molecule has 1 aromatic heterocycles. The van der Waals surface area contributed by atoms with E-state index in [9.17, 15) is 5.26 Å². The molecule has 1 aromatic carbocycles. The molecule has 2 aromatic rings. The van der Waals surface area contributed by atoms with Crippen LogP contribution in [0.15, 0.2) is 36.7 Å². The number of hydrogen-bond acceptors (Lipinski definition) is 3. The van der Waals surface area contributed by atoms with E-state index in [0.29, 0.717) is 5.92 Å². The Bertz CT molecular complexity index is 948. The van der Waals surface area contributed by atoms with Crippen LogP contribution in [-0.2, 0) is 6.42 Å². The molecule has 1 saturated carbocycles. The summed E-state index contributed by atoms with van der Waals surface area (Å²) in [6.07, 6.45) is 32.1. The van der Waals surface area contributed by atoms with Crippen LogP contribution in [0.25, 0.3) is 11.4 Å². The quantitative estimate of drug-likeness (QED) is 0.156. The normalized spacial score (nSPS) is 19.0. The van der Waals surface area contributed by atoms with E-state index in [4.69, 9.17) is 0 Å². The van der Waals surface area contributed by atoms with Gasteiger partial charge in [0, 0.05) is 18.0 Å². The summed E-state index contributed by atoms with van der Waals surface area (Å²) in [6, 6.07) is 11.7. The number of unbranched alkanes of at least 4 members (excludes halogenated alkanes) is 14. The second-order valence-electron chi connectivity index (χ2n) is 12.7. The fraction of sp³-hybridized carbons (Fsp3) is 0.703. The lowest BCUT2D eigenvalue weighted by atomic mass is 9.67. The monoisotopic (exact) mass is 543 g/mol. The molecule has 1 aliphatic carbocycles. The number of benzene rings is 1. The summed E-state index contributed by atoms with van der Waals surface area (Å²) in [5.74, 6) is 1.40. The topological polar surface area (TPSA) is 49.6 Å². The van der Waals surface area contributed by atoms with Gasteiger partial charge in [0.2, 0.25) is 0 Å². The highest BCUT2D eigenvalue weighted by molar-refractivity contribution is 5.55. The molecule has 0 radical (unpaired) electrons. The maximum atomic E-state index is 10.0. The number of aryl methyl sites for hydroxylation is 1. The molecule has 0 spiro atoms. The van der Waals surface area contributed by atoms with Gasteiger partial charge in [0.05, 0.1) is 11.5 Å². The van der Waals surface area contributed by atoms with Gasteiger partial charge in [-0.2, -0.15) is 5.26 Å². The summed E-state index contributed by atoms with van der Waals surface area (Å²) in [4.78, 5) is 9.37. The summed E-state index contributed by atoms with van der Waals surface area (Å²) in [5.41, 5.74) is 3.68. The SMILES string of the molecule is CCCCCCCCCCc1cnc(-c2ccc([C@H]3CC[C@@](C#N)(CCCCCCCCCC)CC3)cc2)nc1. The van der Waals surface area contributed by atoms with Gasteiger partial charge in [-0.1, -0.05) is 134 Å². The van der Waals surface area contributed by atoms with E-state index in [1.54, 1.807) is 0 Å². The first-order valence-corrected chi connectivity index (χ1v) is 17.0. The zero-order chi connectivity index (χ0) is 28.3. The van der Waals surface area contributed by atoms with E-state index in [0.717, 1.165) is 49.9 Å². The summed E-state index contributed by atoms with van der Waals surface area (Å²) in [6.45, 7) is 4.55. The number of nitriles is 1. The van der Waals surface area contributed by atoms with Gasteiger partial charge in [0.15, 0.2) is 5.82 Å². The average molecular weight is 544 g/mol. The van der Waals surface area contributed by atoms with Gasteiger partial charge < -0.3 is 0 Å². The third-order valence-corrected chi connectivity index (χ3v) is 9.35. The van der Waals surface area contributed by atoms with Crippen LogP contribution in [0.2, 0.25) is 0 Å². The fourth-order valence-corrected chi connectivity index (χ4v) is 6.52. The predicted octanol–water partition coefficient (Wildman–Crippen LogP) is 11.5. The molecule has 0 unspecified atom stereocenters. The molecule has 0 amide bonds. The van der Waals surface area contributed by atoms with Gasteiger partial charge >= 0.3 is 0 Å². The van der Waals surface area contributed by atoms with Crippen molar-refractivity contribution in [3.63, 3.8) is 0 Å². The second kappa shape index (κ2) is 19.0. The van der Waals surface area contributed by atoms with Crippen molar-refractivity contribution in [1.82, 2.24) is 9.97 Å². The summed E-state index contributed by atoms with van der Waals surface area (Å²) in [5, 5.41) is 10.0.